The van der Waals surface area contributed by atoms with Crippen LogP contribution in [0, 0.1) is 0 Å². The number of nitrogens with zero attached hydrogens (tertiary/aromatic N) is 1. The van der Waals surface area contributed by atoms with Gasteiger partial charge in [0.15, 0.2) is 0 Å². The predicted octanol–water partition coefficient (Wildman–Crippen LogP) is 2.95. The van der Waals surface area contributed by atoms with Crippen molar-refractivity contribution in [1.82, 2.24) is 4.90 Å². The molecule has 132 valence electrons. The molecule has 2 aromatic rings. The van der Waals surface area contributed by atoms with E-state index < -0.39 is 11.6 Å². The Labute approximate surface area is 149 Å². The largest absolute Gasteiger partial charge is 0.458 e. The minimum atomic E-state index is -1.79. The van der Waals surface area contributed by atoms with Crippen molar-refractivity contribution in [2.75, 3.05) is 19.6 Å². The standard InChI is InChI=1S/C21H25NO3/c1-2-22-15-9-14-19(16-22)25-20(23)21(24,17-10-5-3-6-11-17)18-12-7-4-8-13-18/h3-8,10-13,19,24H,2,9,14-16H2,1H3/i1-1. The maximum absolute atomic E-state index is 13.0. The average Bonchev–Trinajstić information content (AvgIpc) is 2.68. The fourth-order valence-corrected chi connectivity index (χ4v) is 3.39. The average molecular weight is 338 g/mol. The van der Waals surface area contributed by atoms with Gasteiger partial charge in [-0.25, -0.2) is 4.79 Å². The van der Waals surface area contributed by atoms with Gasteiger partial charge in [-0.2, -0.15) is 0 Å². The molecule has 0 saturated carbocycles. The van der Waals surface area contributed by atoms with E-state index >= 15 is 0 Å². The molecule has 1 atom stereocenters. The van der Waals surface area contributed by atoms with Crippen LogP contribution in [0.1, 0.15) is 30.9 Å². The Morgan fingerprint density at radius 1 is 1.12 bits per heavy atom. The minimum absolute atomic E-state index is 0.180. The fraction of sp³-hybridized carbons (Fsp3) is 0.381. The Balaban J connectivity index is 1.88. The first-order valence-corrected chi connectivity index (χ1v) is 8.91. The lowest BCUT2D eigenvalue weighted by Gasteiger charge is -2.34. The van der Waals surface area contributed by atoms with Gasteiger partial charge < -0.3 is 9.84 Å². The number of hydrogen-bond acceptors (Lipinski definition) is 4. The van der Waals surface area contributed by atoms with Gasteiger partial charge in [-0.15, -0.1) is 0 Å². The van der Waals surface area contributed by atoms with Gasteiger partial charge in [-0.1, -0.05) is 67.6 Å². The number of hydrogen-bond donors (Lipinski definition) is 1. The van der Waals surface area contributed by atoms with E-state index in [2.05, 4.69) is 11.8 Å². The second-order valence-electron chi connectivity index (χ2n) is 6.51. The smallest absolute Gasteiger partial charge is 0.348 e. The van der Waals surface area contributed by atoms with E-state index in [0.29, 0.717) is 11.1 Å². The summed E-state index contributed by atoms with van der Waals surface area (Å²) in [7, 11) is 0. The van der Waals surface area contributed by atoms with Crippen molar-refractivity contribution in [2.45, 2.75) is 31.5 Å². The molecular formula is C21H25NO3. The molecule has 4 heteroatoms. The summed E-state index contributed by atoms with van der Waals surface area (Å²) in [6.07, 6.45) is 1.66. The van der Waals surface area contributed by atoms with Crippen LogP contribution >= 0.6 is 0 Å². The van der Waals surface area contributed by atoms with Gasteiger partial charge in [0.2, 0.25) is 5.60 Å². The molecule has 0 bridgehead atoms. The summed E-state index contributed by atoms with van der Waals surface area (Å²) >= 11 is 0. The third-order valence-corrected chi connectivity index (χ3v) is 4.86. The molecule has 0 spiro atoms. The molecule has 1 aliphatic rings. The highest BCUT2D eigenvalue weighted by atomic mass is 16.6. The van der Waals surface area contributed by atoms with Gasteiger partial charge in [0.05, 0.1) is 0 Å². The number of rotatable bonds is 5. The van der Waals surface area contributed by atoms with Gasteiger partial charge in [-0.3, -0.25) is 4.90 Å². The first-order chi connectivity index (χ1) is 12.1. The molecule has 1 aliphatic heterocycles. The van der Waals surface area contributed by atoms with Gasteiger partial charge in [-0.05, 0) is 37.1 Å². The van der Waals surface area contributed by atoms with Crippen LogP contribution in [0.5, 0.6) is 0 Å². The van der Waals surface area contributed by atoms with Crippen LogP contribution in [0.2, 0.25) is 0 Å². The summed E-state index contributed by atoms with van der Waals surface area (Å²) in [5.74, 6) is -0.604. The maximum Gasteiger partial charge on any atom is 0.348 e. The number of carbonyl (C=O) groups is 1. The van der Waals surface area contributed by atoms with Gasteiger partial charge >= 0.3 is 5.97 Å². The van der Waals surface area contributed by atoms with Crippen LogP contribution < -0.4 is 0 Å². The van der Waals surface area contributed by atoms with Crippen LogP contribution in [0.25, 0.3) is 0 Å². The number of carbonyl (C=O) groups excluding carboxylic acids is 1. The molecule has 1 N–H and O–H groups in total. The van der Waals surface area contributed by atoms with Gasteiger partial charge in [0.1, 0.15) is 6.10 Å². The molecule has 1 saturated heterocycles. The second-order valence-corrected chi connectivity index (χ2v) is 6.51. The third kappa shape index (κ3) is 3.75. The molecular weight excluding hydrogens is 313 g/mol. The summed E-state index contributed by atoms with van der Waals surface area (Å²) < 4.78 is 5.77. The number of aliphatic hydroxyl groups is 1. The number of piperidine rings is 1. The summed E-state index contributed by atoms with van der Waals surface area (Å²) in [6.45, 7) is 4.80. The number of ether oxygens (including phenoxy) is 1. The van der Waals surface area contributed by atoms with Crippen molar-refractivity contribution in [2.24, 2.45) is 0 Å². The van der Waals surface area contributed by atoms with Gasteiger partial charge in [0.25, 0.3) is 0 Å². The summed E-state index contributed by atoms with van der Waals surface area (Å²) in [4.78, 5) is 15.3. The van der Waals surface area contributed by atoms with E-state index in [1.54, 1.807) is 24.3 Å². The number of benzene rings is 2. The topological polar surface area (TPSA) is 49.8 Å². The lowest BCUT2D eigenvalue weighted by molar-refractivity contribution is -0.170. The lowest BCUT2D eigenvalue weighted by Crippen LogP contribution is -2.45. The molecule has 0 aromatic heterocycles. The highest BCUT2D eigenvalue weighted by molar-refractivity contribution is 5.85. The first kappa shape index (κ1) is 17.6. The maximum atomic E-state index is 13.0. The molecule has 0 radical (unpaired) electrons. The van der Waals surface area contributed by atoms with Gasteiger partial charge in [0, 0.05) is 6.54 Å². The molecule has 2 aromatic carbocycles. The zero-order valence-electron chi connectivity index (χ0n) is 14.6. The zero-order valence-corrected chi connectivity index (χ0v) is 14.6. The highest BCUT2D eigenvalue weighted by Crippen LogP contribution is 2.32. The van der Waals surface area contributed by atoms with E-state index in [9.17, 15) is 9.90 Å². The molecule has 1 fully saturated rings. The van der Waals surface area contributed by atoms with Crippen molar-refractivity contribution in [3.05, 3.63) is 71.8 Å². The van der Waals surface area contributed by atoms with Crippen LogP contribution in [-0.4, -0.2) is 41.7 Å². The summed E-state index contributed by atoms with van der Waals surface area (Å²) in [6, 6.07) is 18.0. The van der Waals surface area contributed by atoms with Crippen molar-refractivity contribution >= 4 is 5.97 Å². The normalized spacial score (nSPS) is 18.7. The van der Waals surface area contributed by atoms with E-state index in [1.165, 1.54) is 0 Å². The molecule has 0 amide bonds. The van der Waals surface area contributed by atoms with E-state index in [0.717, 1.165) is 32.5 Å². The molecule has 1 unspecified atom stereocenters. The number of esters is 1. The first-order valence-electron chi connectivity index (χ1n) is 8.91. The third-order valence-electron chi connectivity index (χ3n) is 4.86. The highest BCUT2D eigenvalue weighted by Gasteiger charge is 2.43. The summed E-state index contributed by atoms with van der Waals surface area (Å²) in [5.41, 5.74) is -0.750. The predicted molar refractivity (Wildman–Crippen MR) is 97.1 cm³/mol. The second kappa shape index (κ2) is 7.81. The van der Waals surface area contributed by atoms with E-state index in [-0.39, 0.29) is 6.10 Å². The summed E-state index contributed by atoms with van der Waals surface area (Å²) in [5, 5.41) is 11.4. The van der Waals surface area contributed by atoms with Crippen LogP contribution in [0.4, 0.5) is 0 Å². The van der Waals surface area contributed by atoms with Crippen molar-refractivity contribution in [1.29, 1.82) is 0 Å². The Morgan fingerprint density at radius 3 is 2.20 bits per heavy atom. The molecule has 3 rings (SSSR count). The number of likely N-dealkylation sites (N-methyl/N-ethyl adjacent to an activating group) is 1. The minimum Gasteiger partial charge on any atom is -0.458 e. The molecule has 1 heterocycles. The fourth-order valence-electron chi connectivity index (χ4n) is 3.39. The Bertz CT molecular complexity index is 647. The van der Waals surface area contributed by atoms with Crippen molar-refractivity contribution in [3.8, 4) is 0 Å². The SMILES string of the molecule is [11CH3]CN1CCCC(OC(=O)C(O)(c2ccccc2)c2ccccc2)C1. The monoisotopic (exact) mass is 338 g/mol. The quantitative estimate of drug-likeness (QED) is 0.852. The number of likely N-dealkylation sites (tertiary alicyclic amines) is 1. The van der Waals surface area contributed by atoms with Crippen LogP contribution in [0.3, 0.4) is 0 Å². The van der Waals surface area contributed by atoms with Crippen molar-refractivity contribution in [3.63, 3.8) is 0 Å². The molecule has 0 aliphatic carbocycles. The zero-order chi connectivity index (χ0) is 17.7. The molecule has 4 nitrogen and oxygen atoms in total. The Morgan fingerprint density at radius 2 is 1.68 bits per heavy atom. The van der Waals surface area contributed by atoms with Crippen molar-refractivity contribution < 1.29 is 14.6 Å². The van der Waals surface area contributed by atoms with Crippen LogP contribution in [-0.2, 0) is 15.1 Å². The molecule has 25 heavy (non-hydrogen) atoms. The van der Waals surface area contributed by atoms with E-state index in [1.807, 2.05) is 36.4 Å². The van der Waals surface area contributed by atoms with E-state index in [4.69, 9.17) is 4.74 Å². The lowest BCUT2D eigenvalue weighted by atomic mass is 9.86. The Hall–Kier alpha value is -2.17. The van der Waals surface area contributed by atoms with Crippen LogP contribution in [0.15, 0.2) is 60.7 Å². The Kier molecular flexibility index (Phi) is 5.51.